The van der Waals surface area contributed by atoms with E-state index in [1.165, 1.54) is 7.11 Å². The van der Waals surface area contributed by atoms with Gasteiger partial charge in [-0.2, -0.15) is 0 Å². The summed E-state index contributed by atoms with van der Waals surface area (Å²) in [5, 5.41) is 6.46. The standard InChI is InChI=1S/C12H21N3O3/c1-5-15(7-6-13-12(16)17-4)9(2)11-8-14-18-10(11)3/h8-9H,5-7H2,1-4H3,(H,13,16). The number of carbonyl (C=O) groups excluding carboxylic acids is 1. The summed E-state index contributed by atoms with van der Waals surface area (Å²) >= 11 is 0. The predicted molar refractivity (Wildman–Crippen MR) is 67.3 cm³/mol. The fourth-order valence-corrected chi connectivity index (χ4v) is 1.90. The van der Waals surface area contributed by atoms with Gasteiger partial charge >= 0.3 is 6.09 Å². The largest absolute Gasteiger partial charge is 0.453 e. The van der Waals surface area contributed by atoms with E-state index in [4.69, 9.17) is 4.52 Å². The maximum absolute atomic E-state index is 11.0. The summed E-state index contributed by atoms with van der Waals surface area (Å²) in [4.78, 5) is 13.2. The maximum Gasteiger partial charge on any atom is 0.406 e. The Balaban J connectivity index is 2.50. The van der Waals surface area contributed by atoms with Gasteiger partial charge in [-0.25, -0.2) is 4.79 Å². The number of carbonyl (C=O) groups is 1. The zero-order valence-corrected chi connectivity index (χ0v) is 11.4. The van der Waals surface area contributed by atoms with Crippen molar-refractivity contribution < 1.29 is 14.1 Å². The summed E-state index contributed by atoms with van der Waals surface area (Å²) in [6.07, 6.45) is 1.34. The van der Waals surface area contributed by atoms with Crippen LogP contribution in [0.1, 0.15) is 31.2 Å². The van der Waals surface area contributed by atoms with Gasteiger partial charge in [-0.15, -0.1) is 0 Å². The van der Waals surface area contributed by atoms with Crippen molar-refractivity contribution in [2.75, 3.05) is 26.7 Å². The highest BCUT2D eigenvalue weighted by molar-refractivity contribution is 5.66. The summed E-state index contributed by atoms with van der Waals surface area (Å²) in [7, 11) is 1.36. The normalized spacial score (nSPS) is 12.5. The van der Waals surface area contributed by atoms with Crippen molar-refractivity contribution >= 4 is 6.09 Å². The van der Waals surface area contributed by atoms with Crippen molar-refractivity contribution in [2.24, 2.45) is 0 Å². The number of aryl methyl sites for hydroxylation is 1. The van der Waals surface area contributed by atoms with Crippen molar-refractivity contribution in [1.29, 1.82) is 0 Å². The van der Waals surface area contributed by atoms with Gasteiger partial charge in [0, 0.05) is 24.7 Å². The number of ether oxygens (including phenoxy) is 1. The fraction of sp³-hybridized carbons (Fsp3) is 0.667. The summed E-state index contributed by atoms with van der Waals surface area (Å²) in [6.45, 7) is 8.26. The predicted octanol–water partition coefficient (Wildman–Crippen LogP) is 1.72. The van der Waals surface area contributed by atoms with Crippen LogP contribution in [0.15, 0.2) is 10.7 Å². The molecule has 0 bridgehead atoms. The molecule has 1 N–H and O–H groups in total. The van der Waals surface area contributed by atoms with Gasteiger partial charge in [-0.3, -0.25) is 4.90 Å². The highest BCUT2D eigenvalue weighted by atomic mass is 16.5. The molecule has 1 rings (SSSR count). The Bertz CT molecular complexity index is 378. The van der Waals surface area contributed by atoms with E-state index in [-0.39, 0.29) is 6.04 Å². The quantitative estimate of drug-likeness (QED) is 0.838. The van der Waals surface area contributed by atoms with Gasteiger partial charge in [0.1, 0.15) is 5.76 Å². The average molecular weight is 255 g/mol. The second-order valence-electron chi connectivity index (χ2n) is 4.06. The molecular weight excluding hydrogens is 234 g/mol. The number of alkyl carbamates (subject to hydrolysis) is 1. The first-order chi connectivity index (χ1) is 8.60. The van der Waals surface area contributed by atoms with Gasteiger partial charge in [0.2, 0.25) is 0 Å². The van der Waals surface area contributed by atoms with E-state index < -0.39 is 6.09 Å². The summed E-state index contributed by atoms with van der Waals surface area (Å²) in [5.74, 6) is 0.835. The molecule has 0 aliphatic heterocycles. The number of rotatable bonds is 6. The van der Waals surface area contributed by atoms with Crippen LogP contribution in [0.4, 0.5) is 4.79 Å². The molecule has 0 radical (unpaired) electrons. The van der Waals surface area contributed by atoms with Gasteiger partial charge in [0.05, 0.1) is 13.3 Å². The minimum Gasteiger partial charge on any atom is -0.453 e. The fourth-order valence-electron chi connectivity index (χ4n) is 1.90. The van der Waals surface area contributed by atoms with Crippen LogP contribution in [-0.2, 0) is 4.74 Å². The van der Waals surface area contributed by atoms with Crippen molar-refractivity contribution in [3.8, 4) is 0 Å². The molecular formula is C12H21N3O3. The molecule has 1 heterocycles. The van der Waals surface area contributed by atoms with Gasteiger partial charge in [0.25, 0.3) is 0 Å². The van der Waals surface area contributed by atoms with Crippen LogP contribution in [0.3, 0.4) is 0 Å². The average Bonchev–Trinajstić information content (AvgIpc) is 2.79. The molecule has 6 nitrogen and oxygen atoms in total. The van der Waals surface area contributed by atoms with Crippen molar-refractivity contribution in [3.05, 3.63) is 17.5 Å². The lowest BCUT2D eigenvalue weighted by molar-refractivity contribution is 0.165. The van der Waals surface area contributed by atoms with Gasteiger partial charge < -0.3 is 14.6 Å². The van der Waals surface area contributed by atoms with E-state index in [9.17, 15) is 4.79 Å². The third-order valence-corrected chi connectivity index (χ3v) is 3.05. The summed E-state index contributed by atoms with van der Waals surface area (Å²) < 4.78 is 9.60. The van der Waals surface area contributed by atoms with E-state index >= 15 is 0 Å². The van der Waals surface area contributed by atoms with Crippen LogP contribution in [0.2, 0.25) is 0 Å². The van der Waals surface area contributed by atoms with E-state index in [1.807, 2.05) is 6.92 Å². The first kappa shape index (κ1) is 14.5. The van der Waals surface area contributed by atoms with Crippen molar-refractivity contribution in [3.63, 3.8) is 0 Å². The smallest absolute Gasteiger partial charge is 0.406 e. The molecule has 1 unspecified atom stereocenters. The first-order valence-electron chi connectivity index (χ1n) is 6.07. The SMILES string of the molecule is CCN(CCNC(=O)OC)C(C)c1cnoc1C. The molecule has 0 saturated heterocycles. The van der Waals surface area contributed by atoms with Crippen LogP contribution in [-0.4, -0.2) is 42.9 Å². The van der Waals surface area contributed by atoms with Crippen LogP contribution in [0.25, 0.3) is 0 Å². The molecule has 0 spiro atoms. The topological polar surface area (TPSA) is 67.6 Å². The van der Waals surface area contributed by atoms with Crippen molar-refractivity contribution in [2.45, 2.75) is 26.8 Å². The molecule has 1 aromatic heterocycles. The van der Waals surface area contributed by atoms with E-state index in [0.29, 0.717) is 6.54 Å². The van der Waals surface area contributed by atoms with Gasteiger partial charge in [-0.1, -0.05) is 12.1 Å². The lowest BCUT2D eigenvalue weighted by Crippen LogP contribution is -2.36. The van der Waals surface area contributed by atoms with Crippen molar-refractivity contribution in [1.82, 2.24) is 15.4 Å². The second-order valence-corrected chi connectivity index (χ2v) is 4.06. The lowest BCUT2D eigenvalue weighted by Gasteiger charge is -2.27. The number of aromatic nitrogens is 1. The van der Waals surface area contributed by atoms with E-state index in [2.05, 4.69) is 34.0 Å². The highest BCUT2D eigenvalue weighted by Crippen LogP contribution is 2.22. The molecule has 6 heteroatoms. The first-order valence-corrected chi connectivity index (χ1v) is 6.07. The zero-order valence-electron chi connectivity index (χ0n) is 11.4. The molecule has 1 atom stereocenters. The summed E-state index contributed by atoms with van der Waals surface area (Å²) in [6, 6.07) is 0.209. The van der Waals surface area contributed by atoms with Crippen LogP contribution < -0.4 is 5.32 Å². The molecule has 0 aliphatic carbocycles. The Morgan fingerprint density at radius 1 is 1.67 bits per heavy atom. The molecule has 0 aliphatic rings. The number of likely N-dealkylation sites (N-methyl/N-ethyl adjacent to an activating group) is 1. The van der Waals surface area contributed by atoms with Crippen LogP contribution in [0, 0.1) is 6.92 Å². The third kappa shape index (κ3) is 3.73. The molecule has 1 amide bonds. The Morgan fingerprint density at radius 3 is 2.89 bits per heavy atom. The van der Waals surface area contributed by atoms with Gasteiger partial charge in [-0.05, 0) is 20.4 Å². The molecule has 1 aromatic rings. The Hall–Kier alpha value is -1.56. The number of methoxy groups -OCH3 is 1. The molecule has 0 aromatic carbocycles. The maximum atomic E-state index is 11.0. The van der Waals surface area contributed by atoms with Crippen LogP contribution >= 0.6 is 0 Å². The minimum absolute atomic E-state index is 0.209. The minimum atomic E-state index is -0.403. The molecule has 0 saturated carbocycles. The summed E-state index contributed by atoms with van der Waals surface area (Å²) in [5.41, 5.74) is 1.08. The number of hydrogen-bond acceptors (Lipinski definition) is 5. The molecule has 102 valence electrons. The Labute approximate surface area is 107 Å². The highest BCUT2D eigenvalue weighted by Gasteiger charge is 2.18. The molecule has 18 heavy (non-hydrogen) atoms. The number of amides is 1. The number of nitrogens with one attached hydrogen (secondary N) is 1. The number of hydrogen-bond donors (Lipinski definition) is 1. The lowest BCUT2D eigenvalue weighted by atomic mass is 10.1. The monoisotopic (exact) mass is 255 g/mol. The van der Waals surface area contributed by atoms with E-state index in [1.54, 1.807) is 6.20 Å². The van der Waals surface area contributed by atoms with Crippen LogP contribution in [0.5, 0.6) is 0 Å². The third-order valence-electron chi connectivity index (χ3n) is 3.05. The molecule has 0 fully saturated rings. The second kappa shape index (κ2) is 7.00. The Kier molecular flexibility index (Phi) is 5.64. The van der Waals surface area contributed by atoms with Gasteiger partial charge in [0.15, 0.2) is 0 Å². The Morgan fingerprint density at radius 2 is 2.39 bits per heavy atom. The van der Waals surface area contributed by atoms with E-state index in [0.717, 1.165) is 24.4 Å². The number of nitrogens with zero attached hydrogens (tertiary/aromatic N) is 2. The zero-order chi connectivity index (χ0) is 13.5.